The third-order valence-corrected chi connectivity index (χ3v) is 4.63. The lowest BCUT2D eigenvalue weighted by molar-refractivity contribution is -0.148. The smallest absolute Gasteiger partial charge is 0.328 e. The summed E-state index contributed by atoms with van der Waals surface area (Å²) in [6, 6.07) is 22.2. The number of nitrogens with zero attached hydrogens (tertiary/aromatic N) is 1. The molecule has 0 saturated heterocycles. The number of fused-ring (bicyclic) bond motifs is 1. The number of carbonyl (C=O) groups is 2. The molecule has 0 saturated carbocycles. The SMILES string of the molecule is O=C(COC(=O)Cn1[nH]c(=O)c2ccccc2c1=O)Nc1cccc(Oc2ccccc2)c1. The molecular weight excluding hydrogens is 426 g/mol. The first-order valence-corrected chi connectivity index (χ1v) is 10.00. The van der Waals surface area contributed by atoms with Gasteiger partial charge < -0.3 is 14.8 Å². The first kappa shape index (κ1) is 21.6. The second kappa shape index (κ2) is 9.65. The van der Waals surface area contributed by atoms with Crippen LogP contribution < -0.4 is 21.2 Å². The number of amides is 1. The lowest BCUT2D eigenvalue weighted by atomic mass is 10.2. The number of carbonyl (C=O) groups excluding carboxylic acids is 2. The van der Waals surface area contributed by atoms with Crippen molar-refractivity contribution in [2.75, 3.05) is 11.9 Å². The standard InChI is InChI=1S/C24H19N3O6/c28-21(25-16-7-6-10-18(13-16)33-17-8-2-1-3-9-17)15-32-22(29)14-27-24(31)20-12-5-4-11-19(20)23(30)26-27/h1-13H,14-15H2,(H,25,28)(H,26,30). The summed E-state index contributed by atoms with van der Waals surface area (Å²) in [6.45, 7) is -1.10. The van der Waals surface area contributed by atoms with E-state index in [1.165, 1.54) is 12.1 Å². The van der Waals surface area contributed by atoms with Crippen LogP contribution in [0.15, 0.2) is 88.5 Å². The van der Waals surface area contributed by atoms with Crippen LogP contribution in [-0.2, 0) is 20.9 Å². The van der Waals surface area contributed by atoms with Gasteiger partial charge in [-0.2, -0.15) is 0 Å². The Hall–Kier alpha value is -4.66. The zero-order valence-corrected chi connectivity index (χ0v) is 17.3. The summed E-state index contributed by atoms with van der Waals surface area (Å²) in [5.74, 6) is -0.244. The van der Waals surface area contributed by atoms with Crippen molar-refractivity contribution >= 4 is 28.3 Å². The summed E-state index contributed by atoms with van der Waals surface area (Å²) < 4.78 is 11.5. The van der Waals surface area contributed by atoms with Gasteiger partial charge in [0.05, 0.1) is 10.8 Å². The molecule has 0 bridgehead atoms. The Morgan fingerprint density at radius 2 is 1.55 bits per heavy atom. The lowest BCUT2D eigenvalue weighted by Crippen LogP contribution is -2.33. The summed E-state index contributed by atoms with van der Waals surface area (Å²) >= 11 is 0. The van der Waals surface area contributed by atoms with Crippen LogP contribution in [0, 0.1) is 0 Å². The maximum absolute atomic E-state index is 12.5. The average Bonchev–Trinajstić information content (AvgIpc) is 2.82. The topological polar surface area (TPSA) is 119 Å². The van der Waals surface area contributed by atoms with Gasteiger partial charge in [-0.05, 0) is 36.4 Å². The molecule has 0 fully saturated rings. The number of hydrogen-bond acceptors (Lipinski definition) is 6. The number of hydrogen-bond donors (Lipinski definition) is 2. The van der Waals surface area contributed by atoms with Gasteiger partial charge in [0.2, 0.25) is 0 Å². The van der Waals surface area contributed by atoms with Gasteiger partial charge in [0.1, 0.15) is 18.0 Å². The quantitative estimate of drug-likeness (QED) is 0.422. The average molecular weight is 445 g/mol. The molecule has 4 rings (SSSR count). The van der Waals surface area contributed by atoms with Crippen LogP contribution in [-0.4, -0.2) is 28.3 Å². The van der Waals surface area contributed by atoms with Crippen molar-refractivity contribution in [2.24, 2.45) is 0 Å². The highest BCUT2D eigenvalue weighted by Crippen LogP contribution is 2.23. The van der Waals surface area contributed by atoms with E-state index in [1.54, 1.807) is 48.5 Å². The molecular formula is C24H19N3O6. The number of aromatic amines is 1. The molecule has 0 aliphatic rings. The van der Waals surface area contributed by atoms with Crippen LogP contribution >= 0.6 is 0 Å². The fourth-order valence-electron chi connectivity index (χ4n) is 3.14. The number of aromatic nitrogens is 2. The number of H-pyrrole nitrogens is 1. The van der Waals surface area contributed by atoms with E-state index in [0.29, 0.717) is 17.2 Å². The minimum Gasteiger partial charge on any atom is -0.457 e. The Balaban J connectivity index is 1.34. The predicted molar refractivity (Wildman–Crippen MR) is 121 cm³/mol. The highest BCUT2D eigenvalue weighted by Gasteiger charge is 2.13. The summed E-state index contributed by atoms with van der Waals surface area (Å²) in [7, 11) is 0. The van der Waals surface area contributed by atoms with Crippen molar-refractivity contribution in [3.63, 3.8) is 0 Å². The van der Waals surface area contributed by atoms with Crippen molar-refractivity contribution in [2.45, 2.75) is 6.54 Å². The zero-order chi connectivity index (χ0) is 23.2. The van der Waals surface area contributed by atoms with E-state index in [0.717, 1.165) is 4.68 Å². The number of ether oxygens (including phenoxy) is 2. The van der Waals surface area contributed by atoms with E-state index in [2.05, 4.69) is 10.4 Å². The Morgan fingerprint density at radius 3 is 2.33 bits per heavy atom. The van der Waals surface area contributed by atoms with Gasteiger partial charge in [0.15, 0.2) is 6.61 Å². The van der Waals surface area contributed by atoms with Gasteiger partial charge in [-0.25, -0.2) is 4.68 Å². The second-order valence-electron chi connectivity index (χ2n) is 7.03. The van der Waals surface area contributed by atoms with E-state index >= 15 is 0 Å². The Kier molecular flexibility index (Phi) is 6.31. The first-order valence-electron chi connectivity index (χ1n) is 10.00. The van der Waals surface area contributed by atoms with Gasteiger partial charge in [-0.15, -0.1) is 0 Å². The molecule has 9 heteroatoms. The van der Waals surface area contributed by atoms with Crippen LogP contribution in [0.3, 0.4) is 0 Å². The normalized spacial score (nSPS) is 10.5. The van der Waals surface area contributed by atoms with Crippen molar-refractivity contribution in [1.82, 2.24) is 9.78 Å². The van der Waals surface area contributed by atoms with Crippen LogP contribution in [0.4, 0.5) is 5.69 Å². The molecule has 0 atom stereocenters. The van der Waals surface area contributed by atoms with Crippen LogP contribution in [0.5, 0.6) is 11.5 Å². The molecule has 9 nitrogen and oxygen atoms in total. The van der Waals surface area contributed by atoms with Gasteiger partial charge in [-0.3, -0.25) is 24.3 Å². The van der Waals surface area contributed by atoms with Gasteiger partial charge >= 0.3 is 5.97 Å². The van der Waals surface area contributed by atoms with E-state index in [-0.39, 0.29) is 10.8 Å². The Morgan fingerprint density at radius 1 is 0.848 bits per heavy atom. The minimum absolute atomic E-state index is 0.185. The number of esters is 1. The maximum Gasteiger partial charge on any atom is 0.328 e. The molecule has 4 aromatic rings. The van der Waals surface area contributed by atoms with E-state index in [4.69, 9.17) is 9.47 Å². The number of para-hydroxylation sites is 1. The molecule has 2 N–H and O–H groups in total. The fraction of sp³-hybridized carbons (Fsp3) is 0.0833. The predicted octanol–water partition coefficient (Wildman–Crippen LogP) is 2.66. The van der Waals surface area contributed by atoms with Gasteiger partial charge in [0.25, 0.3) is 17.0 Å². The molecule has 3 aromatic carbocycles. The monoisotopic (exact) mass is 445 g/mol. The molecule has 166 valence electrons. The Labute approximate surface area is 187 Å². The van der Waals surface area contributed by atoms with E-state index in [1.807, 2.05) is 18.2 Å². The molecule has 0 aliphatic carbocycles. The maximum atomic E-state index is 12.5. The minimum atomic E-state index is -0.848. The van der Waals surface area contributed by atoms with Crippen molar-refractivity contribution in [1.29, 1.82) is 0 Å². The van der Waals surface area contributed by atoms with E-state index < -0.39 is 36.1 Å². The summed E-state index contributed by atoms with van der Waals surface area (Å²) in [4.78, 5) is 48.9. The van der Waals surface area contributed by atoms with Crippen molar-refractivity contribution in [3.05, 3.63) is 99.6 Å². The summed E-state index contributed by atoms with van der Waals surface area (Å²) in [6.07, 6.45) is 0. The number of benzene rings is 3. The molecule has 1 aromatic heterocycles. The lowest BCUT2D eigenvalue weighted by Gasteiger charge is -2.10. The molecule has 1 amide bonds. The van der Waals surface area contributed by atoms with Gasteiger partial charge in [-0.1, -0.05) is 36.4 Å². The highest BCUT2D eigenvalue weighted by molar-refractivity contribution is 5.93. The van der Waals surface area contributed by atoms with Crippen molar-refractivity contribution < 1.29 is 19.1 Å². The number of nitrogens with one attached hydrogen (secondary N) is 2. The largest absolute Gasteiger partial charge is 0.457 e. The molecule has 0 radical (unpaired) electrons. The highest BCUT2D eigenvalue weighted by atomic mass is 16.5. The molecule has 1 heterocycles. The first-order chi connectivity index (χ1) is 16.0. The molecule has 0 spiro atoms. The van der Waals surface area contributed by atoms with E-state index in [9.17, 15) is 19.2 Å². The van der Waals surface area contributed by atoms with Crippen LogP contribution in [0.2, 0.25) is 0 Å². The Bertz CT molecular complexity index is 1430. The summed E-state index contributed by atoms with van der Waals surface area (Å²) in [5, 5.41) is 5.36. The third-order valence-electron chi connectivity index (χ3n) is 4.63. The number of rotatable bonds is 7. The third kappa shape index (κ3) is 5.34. The molecule has 0 unspecified atom stereocenters. The number of anilines is 1. The van der Waals surface area contributed by atoms with Crippen LogP contribution in [0.1, 0.15) is 0 Å². The molecule has 33 heavy (non-hydrogen) atoms. The summed E-state index contributed by atoms with van der Waals surface area (Å²) in [5.41, 5.74) is -0.588. The van der Waals surface area contributed by atoms with Crippen molar-refractivity contribution in [3.8, 4) is 11.5 Å². The van der Waals surface area contributed by atoms with Crippen LogP contribution in [0.25, 0.3) is 10.8 Å². The molecule has 0 aliphatic heterocycles. The fourth-order valence-corrected chi connectivity index (χ4v) is 3.14. The zero-order valence-electron chi connectivity index (χ0n) is 17.3. The second-order valence-corrected chi connectivity index (χ2v) is 7.03. The van der Waals surface area contributed by atoms with Gasteiger partial charge in [0, 0.05) is 11.8 Å².